The van der Waals surface area contributed by atoms with E-state index in [1.54, 1.807) is 0 Å². The summed E-state index contributed by atoms with van der Waals surface area (Å²) < 4.78 is 32.7. The molecule has 0 saturated carbocycles. The summed E-state index contributed by atoms with van der Waals surface area (Å²) >= 11 is 0. The minimum absolute atomic E-state index is 0.178. The molecule has 0 spiro atoms. The number of rotatable bonds is 50. The second-order valence-corrected chi connectivity index (χ2v) is 19.3. The Morgan fingerprint density at radius 1 is 0.422 bits per heavy atom. The minimum atomic E-state index is -4.65. The summed E-state index contributed by atoms with van der Waals surface area (Å²) in [5.41, 5.74) is 0. The van der Waals surface area contributed by atoms with E-state index in [2.05, 4.69) is 50.3 Å². The topological polar surface area (TPSA) is 149 Å². The van der Waals surface area contributed by atoms with E-state index in [0.717, 1.165) is 70.6 Å². The average molecular weight is 927 g/mol. The van der Waals surface area contributed by atoms with Gasteiger partial charge in [-0.05, 0) is 51.4 Å². The van der Waals surface area contributed by atoms with Gasteiger partial charge in [0.15, 0.2) is 0 Å². The highest BCUT2D eigenvalue weighted by Gasteiger charge is 2.27. The molecule has 0 radical (unpaired) electrons. The lowest BCUT2D eigenvalue weighted by Gasteiger charge is -2.20. The number of allylic oxidation sites excluding steroid dienone is 6. The molecule has 0 aromatic carbocycles. The molecule has 0 fully saturated rings. The summed E-state index contributed by atoms with van der Waals surface area (Å²) in [5, 5.41) is 19.3. The molecular weight excluding hydrogens is 828 g/mol. The third kappa shape index (κ3) is 46.7. The number of aliphatic hydroxyl groups is 2. The average Bonchev–Trinajstić information content (AvgIpc) is 3.29. The minimum Gasteiger partial charge on any atom is -0.457 e. The van der Waals surface area contributed by atoms with Gasteiger partial charge in [0.25, 0.3) is 0 Å². The maximum Gasteiger partial charge on any atom is 0.472 e. The molecule has 0 saturated heterocycles. The molecule has 0 bridgehead atoms. The number of unbranched alkanes of at least 4 members (excludes halogenated alkanes) is 30. The van der Waals surface area contributed by atoms with Gasteiger partial charge in [-0.15, -0.1) is 0 Å². The van der Waals surface area contributed by atoms with E-state index in [-0.39, 0.29) is 12.8 Å². The van der Waals surface area contributed by atoms with Crippen molar-refractivity contribution in [3.05, 3.63) is 36.5 Å². The molecule has 64 heavy (non-hydrogen) atoms. The summed E-state index contributed by atoms with van der Waals surface area (Å²) in [7, 11) is -4.65. The Kier molecular flexibility index (Phi) is 47.7. The van der Waals surface area contributed by atoms with Crippen molar-refractivity contribution in [2.24, 2.45) is 0 Å². The van der Waals surface area contributed by atoms with E-state index in [1.807, 2.05) is 0 Å². The Morgan fingerprint density at radius 3 is 1.02 bits per heavy atom. The van der Waals surface area contributed by atoms with Gasteiger partial charge in [-0.3, -0.25) is 18.6 Å². The van der Waals surface area contributed by atoms with E-state index in [1.165, 1.54) is 141 Å². The second-order valence-electron chi connectivity index (χ2n) is 17.9. The van der Waals surface area contributed by atoms with Crippen LogP contribution in [0.25, 0.3) is 0 Å². The van der Waals surface area contributed by atoms with Gasteiger partial charge in [0.1, 0.15) is 12.2 Å². The highest BCUT2D eigenvalue weighted by Crippen LogP contribution is 2.43. The van der Waals surface area contributed by atoms with Gasteiger partial charge in [0, 0.05) is 12.8 Å². The predicted molar refractivity (Wildman–Crippen MR) is 265 cm³/mol. The van der Waals surface area contributed by atoms with Gasteiger partial charge >= 0.3 is 19.8 Å². The number of phosphoric acid groups is 1. The molecule has 0 aliphatic carbocycles. The molecule has 0 aliphatic heterocycles. The van der Waals surface area contributed by atoms with Crippen molar-refractivity contribution in [3.63, 3.8) is 0 Å². The number of ether oxygens (including phenoxy) is 2. The van der Waals surface area contributed by atoms with Crippen molar-refractivity contribution < 1.29 is 47.8 Å². The van der Waals surface area contributed by atoms with E-state index < -0.39 is 58.4 Å². The quantitative estimate of drug-likeness (QED) is 0.0233. The third-order valence-electron chi connectivity index (χ3n) is 11.6. The van der Waals surface area contributed by atoms with E-state index in [4.69, 9.17) is 18.5 Å². The fourth-order valence-corrected chi connectivity index (χ4v) is 8.32. The number of esters is 2. The van der Waals surface area contributed by atoms with Crippen LogP contribution in [-0.2, 0) is 32.7 Å². The van der Waals surface area contributed by atoms with Crippen LogP contribution in [0.5, 0.6) is 0 Å². The number of aliphatic hydroxyl groups excluding tert-OH is 2. The van der Waals surface area contributed by atoms with Gasteiger partial charge in [-0.25, -0.2) is 4.57 Å². The van der Waals surface area contributed by atoms with Crippen LogP contribution in [0.15, 0.2) is 36.5 Å². The molecule has 3 N–H and O–H groups in total. The number of hydrogen-bond donors (Lipinski definition) is 3. The molecule has 3 unspecified atom stereocenters. The number of carbonyl (C=O) groups excluding carboxylic acids is 2. The Hall–Kier alpha value is -1.81. The summed E-state index contributed by atoms with van der Waals surface area (Å²) in [6.07, 6.45) is 54.0. The van der Waals surface area contributed by atoms with Gasteiger partial charge < -0.3 is 24.6 Å². The lowest BCUT2D eigenvalue weighted by Crippen LogP contribution is -2.28. The van der Waals surface area contributed by atoms with E-state index in [9.17, 15) is 29.3 Å². The Balaban J connectivity index is 3.82. The first-order chi connectivity index (χ1) is 31.3. The third-order valence-corrected chi connectivity index (χ3v) is 12.6. The maximum absolute atomic E-state index is 12.4. The SMILES string of the molecule is CCCCC/C=C\C/C=C\C/C=C\CCCCCCCCC(=O)OC(CO)COP(=O)(O)OCC(CO)OC(=O)CCCCCCCCCCCCCCCCCCCCCCCC. The summed E-state index contributed by atoms with van der Waals surface area (Å²) in [4.78, 5) is 34.7. The molecule has 0 amide bonds. The monoisotopic (exact) mass is 927 g/mol. The lowest BCUT2D eigenvalue weighted by molar-refractivity contribution is -0.153. The van der Waals surface area contributed by atoms with Crippen LogP contribution in [0, 0.1) is 0 Å². The van der Waals surface area contributed by atoms with Crippen molar-refractivity contribution >= 4 is 19.8 Å². The summed E-state index contributed by atoms with van der Waals surface area (Å²) in [6.45, 7) is 2.22. The van der Waals surface area contributed by atoms with Crippen molar-refractivity contribution in [1.29, 1.82) is 0 Å². The predicted octanol–water partition coefficient (Wildman–Crippen LogP) is 15.1. The number of carbonyl (C=O) groups is 2. The zero-order valence-corrected chi connectivity index (χ0v) is 42.2. The van der Waals surface area contributed by atoms with Crippen LogP contribution in [0.3, 0.4) is 0 Å². The first-order valence-electron chi connectivity index (χ1n) is 26.4. The molecule has 0 rings (SSSR count). The number of hydrogen-bond acceptors (Lipinski definition) is 9. The molecular formula is C53H99O10P. The highest BCUT2D eigenvalue weighted by atomic mass is 31.2. The second kappa shape index (κ2) is 49.1. The molecule has 376 valence electrons. The lowest BCUT2D eigenvalue weighted by atomic mass is 10.0. The van der Waals surface area contributed by atoms with Crippen LogP contribution < -0.4 is 0 Å². The maximum atomic E-state index is 12.4. The van der Waals surface area contributed by atoms with E-state index in [0.29, 0.717) is 12.8 Å². The van der Waals surface area contributed by atoms with Crippen molar-refractivity contribution in [1.82, 2.24) is 0 Å². The van der Waals surface area contributed by atoms with Crippen molar-refractivity contribution in [2.75, 3.05) is 26.4 Å². The molecule has 0 aliphatic rings. The smallest absolute Gasteiger partial charge is 0.457 e. The Morgan fingerprint density at radius 2 is 0.688 bits per heavy atom. The first kappa shape index (κ1) is 62.2. The largest absolute Gasteiger partial charge is 0.472 e. The summed E-state index contributed by atoms with van der Waals surface area (Å²) in [6, 6.07) is 0. The summed E-state index contributed by atoms with van der Waals surface area (Å²) in [5.74, 6) is -1.02. The fourth-order valence-electron chi connectivity index (χ4n) is 7.54. The fraction of sp³-hybridized carbons (Fsp3) is 0.849. The van der Waals surface area contributed by atoms with Crippen LogP contribution in [-0.4, -0.2) is 65.7 Å². The first-order valence-corrected chi connectivity index (χ1v) is 27.9. The standard InChI is InChI=1S/C53H99O10P/c1-3-5-7-9-11-13-15-17-19-21-23-24-25-27-29-31-33-35-37-39-41-43-45-53(57)63-51(47-55)49-61-64(58,59)60-48-50(46-54)62-52(56)44-42-40-38-36-34-32-30-28-26-22-20-18-16-14-12-10-8-6-4-2/h12,14,18,20,26,28,50-51,54-55H,3-11,13,15-17,19,21-25,27,29-49H2,1-2H3,(H,58,59)/b14-12-,20-18-,28-26-. The Bertz CT molecular complexity index is 1160. The van der Waals surface area contributed by atoms with E-state index >= 15 is 0 Å². The van der Waals surface area contributed by atoms with Gasteiger partial charge in [0.2, 0.25) is 0 Å². The van der Waals surface area contributed by atoms with Crippen molar-refractivity contribution in [3.8, 4) is 0 Å². The molecule has 0 aromatic heterocycles. The molecule has 10 nitrogen and oxygen atoms in total. The molecule has 0 heterocycles. The van der Waals surface area contributed by atoms with Gasteiger partial charge in [0.05, 0.1) is 26.4 Å². The van der Waals surface area contributed by atoms with Crippen LogP contribution in [0.1, 0.15) is 251 Å². The number of phosphoric ester groups is 1. The normalized spacial score (nSPS) is 13.9. The molecule has 0 aromatic rings. The highest BCUT2D eigenvalue weighted by molar-refractivity contribution is 7.47. The molecule has 11 heteroatoms. The van der Waals surface area contributed by atoms with Crippen LogP contribution in [0.2, 0.25) is 0 Å². The van der Waals surface area contributed by atoms with Crippen LogP contribution in [0.4, 0.5) is 0 Å². The Labute approximate surface area is 392 Å². The van der Waals surface area contributed by atoms with Gasteiger partial charge in [-0.1, -0.05) is 224 Å². The van der Waals surface area contributed by atoms with Gasteiger partial charge in [-0.2, -0.15) is 0 Å². The molecule has 3 atom stereocenters. The zero-order chi connectivity index (χ0) is 46.9. The van der Waals surface area contributed by atoms with Crippen LogP contribution >= 0.6 is 7.82 Å². The zero-order valence-electron chi connectivity index (χ0n) is 41.3. The van der Waals surface area contributed by atoms with Crippen molar-refractivity contribution in [2.45, 2.75) is 264 Å².